The van der Waals surface area contributed by atoms with Gasteiger partial charge in [-0.15, -0.1) is 5.10 Å². The van der Waals surface area contributed by atoms with Gasteiger partial charge in [-0.05, 0) is 19.8 Å². The average Bonchev–Trinajstić information content (AvgIpc) is 2.68. The molecular formula is C10H17N3O2. The van der Waals surface area contributed by atoms with E-state index >= 15 is 0 Å². The minimum atomic E-state index is 0.209. The van der Waals surface area contributed by atoms with Crippen LogP contribution in [0.15, 0.2) is 0 Å². The van der Waals surface area contributed by atoms with Gasteiger partial charge in [0.1, 0.15) is 5.69 Å². The van der Waals surface area contributed by atoms with Crippen LogP contribution in [-0.4, -0.2) is 35.0 Å². The quantitative estimate of drug-likeness (QED) is 0.664. The Bertz CT molecular complexity index is 322. The largest absolute Gasteiger partial charge is 0.385 e. The smallest absolute Gasteiger partial charge is 0.172 e. The molecule has 5 heteroatoms. The Balaban J connectivity index is 2.83. The van der Waals surface area contributed by atoms with Crippen LogP contribution in [0.4, 0.5) is 0 Å². The standard InChI is InChI=1S/C10H17N3O2/c1-4-10-9(7-14)11-12-13(10)8(2)5-6-15-3/h7-8H,4-6H2,1-3H3. The zero-order valence-corrected chi connectivity index (χ0v) is 9.43. The second-order valence-corrected chi connectivity index (χ2v) is 3.47. The molecule has 1 unspecified atom stereocenters. The molecule has 0 bridgehead atoms. The first-order valence-electron chi connectivity index (χ1n) is 5.12. The molecule has 84 valence electrons. The van der Waals surface area contributed by atoms with E-state index in [9.17, 15) is 4.79 Å². The summed E-state index contributed by atoms with van der Waals surface area (Å²) >= 11 is 0. The second kappa shape index (κ2) is 5.60. The number of aromatic nitrogens is 3. The lowest BCUT2D eigenvalue weighted by molar-refractivity contribution is 0.111. The monoisotopic (exact) mass is 211 g/mol. The van der Waals surface area contributed by atoms with Crippen molar-refractivity contribution in [2.75, 3.05) is 13.7 Å². The molecule has 0 amide bonds. The molecule has 1 aromatic rings. The van der Waals surface area contributed by atoms with Crippen molar-refractivity contribution in [3.63, 3.8) is 0 Å². The topological polar surface area (TPSA) is 57.0 Å². The van der Waals surface area contributed by atoms with E-state index in [1.807, 2.05) is 18.5 Å². The maximum absolute atomic E-state index is 10.7. The summed E-state index contributed by atoms with van der Waals surface area (Å²) in [5, 5.41) is 7.83. The molecule has 0 fully saturated rings. The predicted molar refractivity (Wildman–Crippen MR) is 56.0 cm³/mol. The Morgan fingerprint density at radius 2 is 2.33 bits per heavy atom. The summed E-state index contributed by atoms with van der Waals surface area (Å²) < 4.78 is 6.82. The van der Waals surface area contributed by atoms with Gasteiger partial charge in [-0.25, -0.2) is 4.68 Å². The summed E-state index contributed by atoms with van der Waals surface area (Å²) in [5.74, 6) is 0. The summed E-state index contributed by atoms with van der Waals surface area (Å²) in [6.45, 7) is 4.72. The Hall–Kier alpha value is -1.23. The number of methoxy groups -OCH3 is 1. The van der Waals surface area contributed by atoms with E-state index < -0.39 is 0 Å². The number of aldehydes is 1. The van der Waals surface area contributed by atoms with Gasteiger partial charge in [0.25, 0.3) is 0 Å². The van der Waals surface area contributed by atoms with Gasteiger partial charge in [0.15, 0.2) is 6.29 Å². The maximum Gasteiger partial charge on any atom is 0.172 e. The Morgan fingerprint density at radius 3 is 2.87 bits per heavy atom. The average molecular weight is 211 g/mol. The molecular weight excluding hydrogens is 194 g/mol. The number of ether oxygens (including phenoxy) is 1. The van der Waals surface area contributed by atoms with Crippen molar-refractivity contribution in [2.24, 2.45) is 0 Å². The third kappa shape index (κ3) is 2.62. The van der Waals surface area contributed by atoms with Crippen LogP contribution >= 0.6 is 0 Å². The fourth-order valence-electron chi connectivity index (χ4n) is 1.53. The molecule has 1 aromatic heterocycles. The van der Waals surface area contributed by atoms with Gasteiger partial charge in [-0.1, -0.05) is 12.1 Å². The summed E-state index contributed by atoms with van der Waals surface area (Å²) in [6, 6.07) is 0.209. The molecule has 15 heavy (non-hydrogen) atoms. The summed E-state index contributed by atoms with van der Waals surface area (Å²) in [6.07, 6.45) is 2.38. The molecule has 0 saturated carbocycles. The van der Waals surface area contributed by atoms with E-state index in [0.717, 1.165) is 24.8 Å². The predicted octanol–water partition coefficient (Wildman–Crippen LogP) is 1.25. The van der Waals surface area contributed by atoms with Crippen molar-refractivity contribution in [1.82, 2.24) is 15.0 Å². The molecule has 5 nitrogen and oxygen atoms in total. The molecule has 1 rings (SSSR count). The molecule has 0 aliphatic carbocycles. The van der Waals surface area contributed by atoms with Gasteiger partial charge in [-0.2, -0.15) is 0 Å². The highest BCUT2D eigenvalue weighted by molar-refractivity contribution is 5.73. The van der Waals surface area contributed by atoms with Gasteiger partial charge >= 0.3 is 0 Å². The van der Waals surface area contributed by atoms with E-state index in [-0.39, 0.29) is 6.04 Å². The molecule has 1 atom stereocenters. The van der Waals surface area contributed by atoms with Crippen LogP contribution in [0.3, 0.4) is 0 Å². The number of hydrogen-bond acceptors (Lipinski definition) is 4. The fourth-order valence-corrected chi connectivity index (χ4v) is 1.53. The molecule has 0 saturated heterocycles. The van der Waals surface area contributed by atoms with E-state index in [4.69, 9.17) is 4.74 Å². The first kappa shape index (κ1) is 11.8. The summed E-state index contributed by atoms with van der Waals surface area (Å²) in [7, 11) is 1.67. The third-order valence-corrected chi connectivity index (χ3v) is 2.42. The van der Waals surface area contributed by atoms with Gasteiger partial charge in [0.2, 0.25) is 0 Å². The van der Waals surface area contributed by atoms with Crippen LogP contribution in [-0.2, 0) is 11.2 Å². The van der Waals surface area contributed by atoms with Gasteiger partial charge in [-0.3, -0.25) is 4.79 Å². The Morgan fingerprint density at radius 1 is 1.60 bits per heavy atom. The molecule has 0 aromatic carbocycles. The van der Waals surface area contributed by atoms with E-state index in [2.05, 4.69) is 10.3 Å². The van der Waals surface area contributed by atoms with Crippen LogP contribution in [0.5, 0.6) is 0 Å². The zero-order chi connectivity index (χ0) is 11.3. The lowest BCUT2D eigenvalue weighted by Crippen LogP contribution is -2.12. The lowest BCUT2D eigenvalue weighted by atomic mass is 10.2. The maximum atomic E-state index is 10.7. The van der Waals surface area contributed by atoms with Gasteiger partial charge in [0, 0.05) is 13.7 Å². The van der Waals surface area contributed by atoms with Crippen LogP contribution in [0.2, 0.25) is 0 Å². The highest BCUT2D eigenvalue weighted by Gasteiger charge is 2.14. The number of hydrogen-bond donors (Lipinski definition) is 0. The minimum Gasteiger partial charge on any atom is -0.385 e. The summed E-state index contributed by atoms with van der Waals surface area (Å²) in [4.78, 5) is 10.7. The first-order valence-corrected chi connectivity index (χ1v) is 5.12. The second-order valence-electron chi connectivity index (χ2n) is 3.47. The highest BCUT2D eigenvalue weighted by atomic mass is 16.5. The van der Waals surface area contributed by atoms with Gasteiger partial charge < -0.3 is 4.74 Å². The van der Waals surface area contributed by atoms with Crippen LogP contribution in [0.1, 0.15) is 42.5 Å². The number of nitrogens with zero attached hydrogens (tertiary/aromatic N) is 3. The van der Waals surface area contributed by atoms with E-state index in [1.54, 1.807) is 7.11 Å². The molecule has 0 aliphatic heterocycles. The molecule has 0 aliphatic rings. The van der Waals surface area contributed by atoms with Crippen molar-refractivity contribution in [3.05, 3.63) is 11.4 Å². The molecule has 0 spiro atoms. The SMILES string of the molecule is CCc1c(C=O)nnn1C(C)CCOC. The Kier molecular flexibility index (Phi) is 4.42. The number of carbonyl (C=O) groups excluding carboxylic acids is 1. The number of rotatable bonds is 6. The third-order valence-electron chi connectivity index (χ3n) is 2.42. The minimum absolute atomic E-state index is 0.209. The Labute approximate surface area is 89.4 Å². The van der Waals surface area contributed by atoms with Gasteiger partial charge in [0.05, 0.1) is 11.7 Å². The summed E-state index contributed by atoms with van der Waals surface area (Å²) in [5.41, 5.74) is 1.34. The molecule has 0 N–H and O–H groups in total. The first-order chi connectivity index (χ1) is 7.24. The van der Waals surface area contributed by atoms with Crippen molar-refractivity contribution in [1.29, 1.82) is 0 Å². The van der Waals surface area contributed by atoms with Crippen LogP contribution in [0.25, 0.3) is 0 Å². The van der Waals surface area contributed by atoms with Crippen LogP contribution < -0.4 is 0 Å². The van der Waals surface area contributed by atoms with E-state index in [0.29, 0.717) is 12.3 Å². The fraction of sp³-hybridized carbons (Fsp3) is 0.700. The number of carbonyl (C=O) groups is 1. The zero-order valence-electron chi connectivity index (χ0n) is 9.43. The normalized spacial score (nSPS) is 12.7. The van der Waals surface area contributed by atoms with Crippen molar-refractivity contribution in [2.45, 2.75) is 32.7 Å². The van der Waals surface area contributed by atoms with E-state index in [1.165, 1.54) is 0 Å². The van der Waals surface area contributed by atoms with Crippen LogP contribution in [0, 0.1) is 0 Å². The highest BCUT2D eigenvalue weighted by Crippen LogP contribution is 2.14. The molecule has 1 heterocycles. The lowest BCUT2D eigenvalue weighted by Gasteiger charge is -2.13. The van der Waals surface area contributed by atoms with Crippen molar-refractivity contribution < 1.29 is 9.53 Å². The molecule has 0 radical (unpaired) electrons. The van der Waals surface area contributed by atoms with Crippen molar-refractivity contribution in [3.8, 4) is 0 Å². The van der Waals surface area contributed by atoms with Crippen molar-refractivity contribution >= 4 is 6.29 Å².